The van der Waals surface area contributed by atoms with Crippen molar-refractivity contribution in [1.82, 2.24) is 9.97 Å². The molecule has 1 aromatic carbocycles. The van der Waals surface area contributed by atoms with Gasteiger partial charge in [-0.05, 0) is 25.3 Å². The van der Waals surface area contributed by atoms with E-state index in [-0.39, 0.29) is 5.56 Å². The van der Waals surface area contributed by atoms with Crippen LogP contribution in [0.5, 0.6) is 0 Å². The van der Waals surface area contributed by atoms with Crippen LogP contribution >= 0.6 is 0 Å². The minimum atomic E-state index is -1.00. The zero-order valence-electron chi connectivity index (χ0n) is 11.8. The van der Waals surface area contributed by atoms with E-state index in [1.54, 1.807) is 6.92 Å². The van der Waals surface area contributed by atoms with Gasteiger partial charge in [-0.25, -0.2) is 14.8 Å². The number of carboxylic acids is 1. The predicted molar refractivity (Wildman–Crippen MR) is 77.8 cm³/mol. The molecule has 1 heterocycles. The van der Waals surface area contributed by atoms with Crippen molar-refractivity contribution in [2.75, 3.05) is 0 Å². The quantitative estimate of drug-likeness (QED) is 0.903. The van der Waals surface area contributed by atoms with Crippen LogP contribution in [-0.2, 0) is 6.42 Å². The van der Waals surface area contributed by atoms with Crippen LogP contribution in [-0.4, -0.2) is 21.0 Å². The summed E-state index contributed by atoms with van der Waals surface area (Å²) in [6.45, 7) is 3.92. The molecule has 0 atom stereocenters. The van der Waals surface area contributed by atoms with Crippen LogP contribution in [0.2, 0.25) is 0 Å². The van der Waals surface area contributed by atoms with Gasteiger partial charge in [0.2, 0.25) is 0 Å². The van der Waals surface area contributed by atoms with E-state index in [1.165, 1.54) is 11.8 Å². The van der Waals surface area contributed by atoms with Crippen LogP contribution in [0, 0.1) is 6.92 Å². The maximum Gasteiger partial charge on any atom is 0.339 e. The minimum Gasteiger partial charge on any atom is -0.478 e. The first-order valence-electron chi connectivity index (χ1n) is 6.78. The number of nitrogens with zero attached hydrogens (tertiary/aromatic N) is 2. The van der Waals surface area contributed by atoms with E-state index in [0.717, 1.165) is 24.8 Å². The van der Waals surface area contributed by atoms with Gasteiger partial charge in [0.15, 0.2) is 0 Å². The van der Waals surface area contributed by atoms with Crippen LogP contribution in [0.3, 0.4) is 0 Å². The molecule has 2 rings (SSSR count). The molecule has 1 aromatic heterocycles. The molecular weight excluding hydrogens is 252 g/mol. The molecule has 0 unspecified atom stereocenters. The third-order valence-corrected chi connectivity index (χ3v) is 3.19. The molecule has 2 aromatic rings. The number of unbranched alkanes of at least 4 members (excludes halogenated alkanes) is 1. The van der Waals surface area contributed by atoms with Crippen LogP contribution in [0.4, 0.5) is 0 Å². The average Bonchev–Trinajstić information content (AvgIpc) is 2.45. The van der Waals surface area contributed by atoms with E-state index >= 15 is 0 Å². The lowest BCUT2D eigenvalue weighted by molar-refractivity contribution is 0.0697. The molecule has 4 nitrogen and oxygen atoms in total. The first-order valence-corrected chi connectivity index (χ1v) is 6.78. The van der Waals surface area contributed by atoms with Crippen LogP contribution in [0.15, 0.2) is 30.5 Å². The molecule has 0 aliphatic heterocycles. The van der Waals surface area contributed by atoms with E-state index in [4.69, 9.17) is 0 Å². The van der Waals surface area contributed by atoms with Crippen molar-refractivity contribution >= 4 is 5.97 Å². The highest BCUT2D eigenvalue weighted by Crippen LogP contribution is 2.22. The Labute approximate surface area is 118 Å². The van der Waals surface area contributed by atoms with Crippen molar-refractivity contribution in [1.29, 1.82) is 0 Å². The summed E-state index contributed by atoms with van der Waals surface area (Å²) in [7, 11) is 0. The van der Waals surface area contributed by atoms with Crippen molar-refractivity contribution in [3.8, 4) is 11.3 Å². The second kappa shape index (κ2) is 6.28. The Balaban J connectivity index is 2.36. The van der Waals surface area contributed by atoms with E-state index in [1.807, 2.05) is 24.3 Å². The van der Waals surface area contributed by atoms with Crippen molar-refractivity contribution in [2.24, 2.45) is 0 Å². The van der Waals surface area contributed by atoms with Crippen molar-refractivity contribution in [3.05, 3.63) is 47.4 Å². The highest BCUT2D eigenvalue weighted by molar-refractivity contribution is 5.94. The molecule has 104 valence electrons. The largest absolute Gasteiger partial charge is 0.478 e. The highest BCUT2D eigenvalue weighted by Gasteiger charge is 2.14. The molecule has 0 bridgehead atoms. The number of aromatic carboxylic acids is 1. The number of hydrogen-bond donors (Lipinski definition) is 1. The topological polar surface area (TPSA) is 63.1 Å². The molecule has 0 spiro atoms. The van der Waals surface area contributed by atoms with Gasteiger partial charge in [-0.15, -0.1) is 0 Å². The highest BCUT2D eigenvalue weighted by atomic mass is 16.4. The summed E-state index contributed by atoms with van der Waals surface area (Å²) in [5.41, 5.74) is 2.69. The van der Waals surface area contributed by atoms with Gasteiger partial charge in [0.1, 0.15) is 11.4 Å². The first-order chi connectivity index (χ1) is 9.61. The third-order valence-electron chi connectivity index (χ3n) is 3.19. The molecule has 1 N–H and O–H groups in total. The van der Waals surface area contributed by atoms with Gasteiger partial charge in [0, 0.05) is 11.8 Å². The van der Waals surface area contributed by atoms with Gasteiger partial charge in [-0.2, -0.15) is 0 Å². The summed E-state index contributed by atoms with van der Waals surface area (Å²) >= 11 is 0. The fourth-order valence-corrected chi connectivity index (χ4v) is 2.06. The monoisotopic (exact) mass is 270 g/mol. The van der Waals surface area contributed by atoms with Gasteiger partial charge < -0.3 is 5.11 Å². The number of carbonyl (C=O) groups is 1. The van der Waals surface area contributed by atoms with E-state index in [9.17, 15) is 9.90 Å². The third kappa shape index (κ3) is 3.20. The fourth-order valence-electron chi connectivity index (χ4n) is 2.06. The van der Waals surface area contributed by atoms with Crippen molar-refractivity contribution in [2.45, 2.75) is 33.1 Å². The Morgan fingerprint density at radius 1 is 1.25 bits per heavy atom. The fraction of sp³-hybridized carbons (Fsp3) is 0.312. The van der Waals surface area contributed by atoms with Gasteiger partial charge >= 0.3 is 5.97 Å². The van der Waals surface area contributed by atoms with Crippen LogP contribution in [0.1, 0.15) is 41.5 Å². The zero-order chi connectivity index (χ0) is 14.5. The maximum atomic E-state index is 11.2. The van der Waals surface area contributed by atoms with Gasteiger partial charge in [0.25, 0.3) is 0 Å². The number of carboxylic acid groups (broad SMARTS) is 1. The second-order valence-corrected chi connectivity index (χ2v) is 4.79. The molecule has 0 saturated heterocycles. The second-order valence-electron chi connectivity index (χ2n) is 4.79. The number of benzene rings is 1. The Morgan fingerprint density at radius 3 is 2.55 bits per heavy atom. The van der Waals surface area contributed by atoms with E-state index in [0.29, 0.717) is 11.5 Å². The average molecular weight is 270 g/mol. The standard InChI is InChI=1S/C16H18N2O2/c1-3-4-5-12-6-8-13(9-7-12)15-14(16(19)20)10-17-11(2)18-15/h6-10H,3-5H2,1-2H3,(H,19,20). The Bertz CT molecular complexity index is 606. The molecule has 0 fully saturated rings. The lowest BCUT2D eigenvalue weighted by atomic mass is 10.0. The number of hydrogen-bond acceptors (Lipinski definition) is 3. The van der Waals surface area contributed by atoms with Gasteiger partial charge in [-0.1, -0.05) is 37.6 Å². The maximum absolute atomic E-state index is 11.2. The lowest BCUT2D eigenvalue weighted by Gasteiger charge is -2.07. The van der Waals surface area contributed by atoms with Crippen LogP contribution in [0.25, 0.3) is 11.3 Å². The number of rotatable bonds is 5. The van der Waals surface area contributed by atoms with Crippen molar-refractivity contribution < 1.29 is 9.90 Å². The SMILES string of the molecule is CCCCc1ccc(-c2nc(C)ncc2C(=O)O)cc1. The van der Waals surface area contributed by atoms with E-state index in [2.05, 4.69) is 16.9 Å². The van der Waals surface area contributed by atoms with E-state index < -0.39 is 5.97 Å². The molecule has 0 saturated carbocycles. The Morgan fingerprint density at radius 2 is 1.95 bits per heavy atom. The molecule has 0 radical (unpaired) electrons. The molecule has 0 amide bonds. The van der Waals surface area contributed by atoms with Gasteiger partial charge in [-0.3, -0.25) is 0 Å². The normalized spacial score (nSPS) is 10.5. The van der Waals surface area contributed by atoms with Gasteiger partial charge in [0.05, 0.1) is 5.69 Å². The molecule has 20 heavy (non-hydrogen) atoms. The summed E-state index contributed by atoms with van der Waals surface area (Å²) in [6.07, 6.45) is 4.73. The summed E-state index contributed by atoms with van der Waals surface area (Å²) in [6, 6.07) is 7.93. The Kier molecular flexibility index (Phi) is 4.45. The summed E-state index contributed by atoms with van der Waals surface area (Å²) in [5.74, 6) is -0.435. The predicted octanol–water partition coefficient (Wildman–Crippen LogP) is 3.49. The smallest absolute Gasteiger partial charge is 0.339 e. The molecule has 0 aliphatic rings. The summed E-state index contributed by atoms with van der Waals surface area (Å²) < 4.78 is 0. The lowest BCUT2D eigenvalue weighted by Crippen LogP contribution is -2.04. The van der Waals surface area contributed by atoms with Crippen LogP contribution < -0.4 is 0 Å². The zero-order valence-corrected chi connectivity index (χ0v) is 11.8. The summed E-state index contributed by atoms with van der Waals surface area (Å²) in [4.78, 5) is 19.5. The van der Waals surface area contributed by atoms with Crippen molar-refractivity contribution in [3.63, 3.8) is 0 Å². The molecular formula is C16H18N2O2. The Hall–Kier alpha value is -2.23. The first kappa shape index (κ1) is 14.2. The molecule has 4 heteroatoms. The minimum absolute atomic E-state index is 0.136. The molecule has 0 aliphatic carbocycles. The number of aryl methyl sites for hydroxylation is 2. The number of aromatic nitrogens is 2. The summed E-state index contributed by atoms with van der Waals surface area (Å²) in [5, 5.41) is 9.21.